The molecule has 0 spiro atoms. The fraction of sp³-hybridized carbons (Fsp3) is 0.875. The van der Waals surface area contributed by atoms with E-state index in [1.54, 1.807) is 0 Å². The Balaban J connectivity index is 1.67. The highest BCUT2D eigenvalue weighted by atomic mass is 16.2. The molecule has 0 aromatic heterocycles. The third kappa shape index (κ3) is 4.70. The van der Waals surface area contributed by atoms with Gasteiger partial charge >= 0.3 is 0 Å². The van der Waals surface area contributed by atoms with Crippen LogP contribution in [0.4, 0.5) is 0 Å². The van der Waals surface area contributed by atoms with Gasteiger partial charge in [-0.05, 0) is 32.2 Å². The summed E-state index contributed by atoms with van der Waals surface area (Å²) in [4.78, 5) is 26.3. The van der Waals surface area contributed by atoms with Crippen LogP contribution >= 0.6 is 0 Å². The van der Waals surface area contributed by atoms with Crippen LogP contribution in [0.2, 0.25) is 0 Å². The first-order valence-electron chi connectivity index (χ1n) is 8.49. The maximum absolute atomic E-state index is 12.3. The lowest BCUT2D eigenvalue weighted by Gasteiger charge is -2.32. The molecule has 2 aliphatic rings. The fourth-order valence-corrected chi connectivity index (χ4v) is 3.22. The summed E-state index contributed by atoms with van der Waals surface area (Å²) >= 11 is 0. The summed E-state index contributed by atoms with van der Waals surface area (Å²) in [5, 5.41) is 6.28. The van der Waals surface area contributed by atoms with Crippen LogP contribution in [0.15, 0.2) is 0 Å². The van der Waals surface area contributed by atoms with Crippen LogP contribution in [0.5, 0.6) is 0 Å². The molecule has 0 radical (unpaired) electrons. The molecule has 2 aliphatic heterocycles. The van der Waals surface area contributed by atoms with Crippen molar-refractivity contribution in [3.63, 3.8) is 0 Å². The molecular formula is C16H29N3O2. The number of unbranched alkanes of at least 4 members (excludes halogenated alkanes) is 2. The van der Waals surface area contributed by atoms with Crippen LogP contribution < -0.4 is 10.6 Å². The van der Waals surface area contributed by atoms with Crippen molar-refractivity contribution >= 4 is 11.8 Å². The van der Waals surface area contributed by atoms with Crippen LogP contribution in [-0.4, -0.2) is 49.4 Å². The molecule has 0 aromatic carbocycles. The van der Waals surface area contributed by atoms with Gasteiger partial charge in [0.15, 0.2) is 0 Å². The SMILES string of the molecule is CCCCCNC(=O)C1CCN(C(=O)C2CCNC2)CC1. The number of amides is 2. The molecule has 2 heterocycles. The molecule has 5 nitrogen and oxygen atoms in total. The molecular weight excluding hydrogens is 266 g/mol. The maximum atomic E-state index is 12.3. The third-order valence-electron chi connectivity index (χ3n) is 4.67. The van der Waals surface area contributed by atoms with Gasteiger partial charge in [0.05, 0.1) is 5.92 Å². The standard InChI is InChI=1S/C16H29N3O2/c1-2-3-4-8-18-15(20)13-6-10-19(11-7-13)16(21)14-5-9-17-12-14/h13-14,17H,2-12H2,1H3,(H,18,20). The molecule has 0 bridgehead atoms. The molecule has 2 rings (SSSR count). The molecule has 2 saturated heterocycles. The Morgan fingerprint density at radius 3 is 2.52 bits per heavy atom. The molecule has 1 unspecified atom stereocenters. The highest BCUT2D eigenvalue weighted by Crippen LogP contribution is 2.20. The highest BCUT2D eigenvalue weighted by Gasteiger charge is 2.31. The molecule has 2 amide bonds. The van der Waals surface area contributed by atoms with E-state index in [1.807, 2.05) is 4.90 Å². The minimum absolute atomic E-state index is 0.0948. The molecule has 2 N–H and O–H groups in total. The Morgan fingerprint density at radius 2 is 1.90 bits per heavy atom. The molecule has 120 valence electrons. The summed E-state index contributed by atoms with van der Waals surface area (Å²) in [6.45, 7) is 6.20. The molecule has 1 atom stereocenters. The molecule has 0 aromatic rings. The van der Waals surface area contributed by atoms with Gasteiger partial charge in [0.1, 0.15) is 0 Å². The van der Waals surface area contributed by atoms with Crippen molar-refractivity contribution in [3.8, 4) is 0 Å². The lowest BCUT2D eigenvalue weighted by Crippen LogP contribution is -2.45. The largest absolute Gasteiger partial charge is 0.356 e. The third-order valence-corrected chi connectivity index (χ3v) is 4.67. The lowest BCUT2D eigenvalue weighted by atomic mass is 9.94. The number of nitrogens with one attached hydrogen (secondary N) is 2. The first-order valence-corrected chi connectivity index (χ1v) is 8.49. The summed E-state index contributed by atoms with van der Waals surface area (Å²) in [6.07, 6.45) is 5.98. The van der Waals surface area contributed by atoms with Crippen molar-refractivity contribution in [2.24, 2.45) is 11.8 Å². The van der Waals surface area contributed by atoms with E-state index >= 15 is 0 Å². The van der Waals surface area contributed by atoms with Crippen LogP contribution in [0, 0.1) is 11.8 Å². The average Bonchev–Trinajstić information content (AvgIpc) is 3.05. The topological polar surface area (TPSA) is 61.4 Å². The zero-order valence-electron chi connectivity index (χ0n) is 13.2. The van der Waals surface area contributed by atoms with Gasteiger partial charge in [-0.15, -0.1) is 0 Å². The predicted molar refractivity (Wildman–Crippen MR) is 82.8 cm³/mol. The van der Waals surface area contributed by atoms with Gasteiger partial charge in [-0.25, -0.2) is 0 Å². The van der Waals surface area contributed by atoms with Crippen LogP contribution in [0.3, 0.4) is 0 Å². The summed E-state index contributed by atoms with van der Waals surface area (Å²) in [5.74, 6) is 0.712. The zero-order valence-corrected chi connectivity index (χ0v) is 13.2. The molecule has 0 aliphatic carbocycles. The van der Waals surface area contributed by atoms with E-state index < -0.39 is 0 Å². The van der Waals surface area contributed by atoms with Gasteiger partial charge in [-0.3, -0.25) is 9.59 Å². The van der Waals surface area contributed by atoms with E-state index in [-0.39, 0.29) is 23.7 Å². The van der Waals surface area contributed by atoms with E-state index in [1.165, 1.54) is 12.8 Å². The smallest absolute Gasteiger partial charge is 0.227 e. The Bertz CT molecular complexity index is 345. The summed E-state index contributed by atoms with van der Waals surface area (Å²) in [5.41, 5.74) is 0. The van der Waals surface area contributed by atoms with E-state index in [0.717, 1.165) is 58.4 Å². The Kier molecular flexibility index (Phi) is 6.49. The molecule has 5 heteroatoms. The van der Waals surface area contributed by atoms with E-state index in [2.05, 4.69) is 17.6 Å². The number of carbonyl (C=O) groups excluding carboxylic acids is 2. The van der Waals surface area contributed by atoms with Crippen molar-refractivity contribution in [2.45, 2.75) is 45.4 Å². The average molecular weight is 295 g/mol. The summed E-state index contributed by atoms with van der Waals surface area (Å²) in [7, 11) is 0. The maximum Gasteiger partial charge on any atom is 0.227 e. The first-order chi connectivity index (χ1) is 10.2. The highest BCUT2D eigenvalue weighted by molar-refractivity contribution is 5.81. The number of piperidine rings is 1. The lowest BCUT2D eigenvalue weighted by molar-refractivity contribution is -0.138. The number of nitrogens with zero attached hydrogens (tertiary/aromatic N) is 1. The number of hydrogen-bond donors (Lipinski definition) is 2. The minimum Gasteiger partial charge on any atom is -0.356 e. The fourth-order valence-electron chi connectivity index (χ4n) is 3.22. The normalized spacial score (nSPS) is 23.3. The number of rotatable bonds is 6. The van der Waals surface area contributed by atoms with Gasteiger partial charge in [-0.2, -0.15) is 0 Å². The monoisotopic (exact) mass is 295 g/mol. The summed E-state index contributed by atoms with van der Waals surface area (Å²) in [6, 6.07) is 0. The number of hydrogen-bond acceptors (Lipinski definition) is 3. The van der Waals surface area contributed by atoms with Crippen LogP contribution in [-0.2, 0) is 9.59 Å². The van der Waals surface area contributed by atoms with Gasteiger partial charge in [0, 0.05) is 32.1 Å². The second-order valence-corrected chi connectivity index (χ2v) is 6.29. The van der Waals surface area contributed by atoms with Gasteiger partial charge in [-0.1, -0.05) is 19.8 Å². The second kappa shape index (κ2) is 8.37. The predicted octanol–water partition coefficient (Wildman–Crippen LogP) is 1.14. The zero-order chi connectivity index (χ0) is 15.1. The van der Waals surface area contributed by atoms with Crippen LogP contribution in [0.1, 0.15) is 45.4 Å². The van der Waals surface area contributed by atoms with E-state index in [9.17, 15) is 9.59 Å². The van der Waals surface area contributed by atoms with Crippen molar-refractivity contribution in [1.82, 2.24) is 15.5 Å². The Morgan fingerprint density at radius 1 is 1.14 bits per heavy atom. The van der Waals surface area contributed by atoms with Crippen molar-refractivity contribution in [2.75, 3.05) is 32.7 Å². The second-order valence-electron chi connectivity index (χ2n) is 6.29. The first kappa shape index (κ1) is 16.3. The summed E-state index contributed by atoms with van der Waals surface area (Å²) < 4.78 is 0. The Hall–Kier alpha value is -1.10. The quantitative estimate of drug-likeness (QED) is 0.722. The Labute approximate surface area is 127 Å². The van der Waals surface area contributed by atoms with Crippen LogP contribution in [0.25, 0.3) is 0 Å². The minimum atomic E-state index is 0.0948. The molecule has 21 heavy (non-hydrogen) atoms. The van der Waals surface area contributed by atoms with Gasteiger partial charge in [0.25, 0.3) is 0 Å². The van der Waals surface area contributed by atoms with Crippen molar-refractivity contribution in [1.29, 1.82) is 0 Å². The van der Waals surface area contributed by atoms with Crippen molar-refractivity contribution in [3.05, 3.63) is 0 Å². The molecule has 0 saturated carbocycles. The van der Waals surface area contributed by atoms with Gasteiger partial charge in [0.2, 0.25) is 11.8 Å². The van der Waals surface area contributed by atoms with E-state index in [0.29, 0.717) is 0 Å². The van der Waals surface area contributed by atoms with Crippen molar-refractivity contribution < 1.29 is 9.59 Å². The molecule has 2 fully saturated rings. The van der Waals surface area contributed by atoms with E-state index in [4.69, 9.17) is 0 Å². The number of carbonyl (C=O) groups is 2. The van der Waals surface area contributed by atoms with Gasteiger partial charge < -0.3 is 15.5 Å². The number of likely N-dealkylation sites (tertiary alicyclic amines) is 1.